The van der Waals surface area contributed by atoms with Crippen LogP contribution in [-0.4, -0.2) is 32.5 Å². The van der Waals surface area contributed by atoms with Crippen molar-refractivity contribution in [1.29, 1.82) is 0 Å². The van der Waals surface area contributed by atoms with E-state index < -0.39 is 0 Å². The highest BCUT2D eigenvalue weighted by atomic mass is 32.2. The average molecular weight is 425 g/mol. The Morgan fingerprint density at radius 3 is 2.47 bits per heavy atom. The van der Waals surface area contributed by atoms with Gasteiger partial charge in [-0.3, -0.25) is 9.36 Å². The summed E-state index contributed by atoms with van der Waals surface area (Å²) in [5.74, 6) is 1.51. The fraction of sp³-hybridized carbons (Fsp3) is 0.348. The summed E-state index contributed by atoms with van der Waals surface area (Å²) in [6, 6.07) is 18.2. The van der Waals surface area contributed by atoms with Gasteiger partial charge >= 0.3 is 0 Å². The number of carbonyl (C=O) groups is 1. The lowest BCUT2D eigenvalue weighted by Crippen LogP contribution is -2.30. The molecule has 0 aliphatic heterocycles. The maximum atomic E-state index is 12.2. The van der Waals surface area contributed by atoms with Crippen LogP contribution in [0, 0.1) is 0 Å². The summed E-state index contributed by atoms with van der Waals surface area (Å²) in [6.07, 6.45) is 0.996. The zero-order valence-electron chi connectivity index (χ0n) is 17.7. The van der Waals surface area contributed by atoms with E-state index in [-0.39, 0.29) is 11.2 Å². The Hall–Kier alpha value is -2.80. The van der Waals surface area contributed by atoms with Crippen LogP contribution in [0.2, 0.25) is 0 Å². The zero-order chi connectivity index (χ0) is 21.3. The van der Waals surface area contributed by atoms with Gasteiger partial charge in [-0.15, -0.1) is 10.2 Å². The molecule has 0 radical (unpaired) electrons. The SMILES string of the molecule is CCNC(=O)[C@H](C)Sc1nnc(COc2ccc(CC)cc2)n1Cc1ccccc1. The first kappa shape index (κ1) is 21.9. The van der Waals surface area contributed by atoms with Gasteiger partial charge in [0.25, 0.3) is 0 Å². The van der Waals surface area contributed by atoms with E-state index in [1.54, 1.807) is 0 Å². The van der Waals surface area contributed by atoms with E-state index in [0.717, 1.165) is 23.6 Å². The number of carbonyl (C=O) groups excluding carboxylic acids is 1. The van der Waals surface area contributed by atoms with Crippen LogP contribution in [0.3, 0.4) is 0 Å². The summed E-state index contributed by atoms with van der Waals surface area (Å²) in [6.45, 7) is 7.45. The number of hydrogen-bond acceptors (Lipinski definition) is 5. The molecule has 1 amide bonds. The minimum absolute atomic E-state index is 0.00873. The van der Waals surface area contributed by atoms with Crippen LogP contribution in [0.4, 0.5) is 0 Å². The summed E-state index contributed by atoms with van der Waals surface area (Å²) in [4.78, 5) is 12.2. The molecule has 3 rings (SSSR count). The molecule has 1 atom stereocenters. The van der Waals surface area contributed by atoms with Gasteiger partial charge in [-0.1, -0.05) is 61.2 Å². The van der Waals surface area contributed by atoms with Gasteiger partial charge in [-0.05, 0) is 43.5 Å². The minimum Gasteiger partial charge on any atom is -0.486 e. The lowest BCUT2D eigenvalue weighted by molar-refractivity contribution is -0.120. The van der Waals surface area contributed by atoms with Crippen molar-refractivity contribution >= 4 is 17.7 Å². The number of rotatable bonds is 10. The number of aryl methyl sites for hydroxylation is 1. The number of nitrogens with one attached hydrogen (secondary N) is 1. The smallest absolute Gasteiger partial charge is 0.233 e. The summed E-state index contributed by atoms with van der Waals surface area (Å²) >= 11 is 1.41. The van der Waals surface area contributed by atoms with Crippen molar-refractivity contribution < 1.29 is 9.53 Å². The van der Waals surface area contributed by atoms with Gasteiger partial charge < -0.3 is 10.1 Å². The lowest BCUT2D eigenvalue weighted by atomic mass is 10.2. The molecule has 6 nitrogen and oxygen atoms in total. The number of thioether (sulfide) groups is 1. The van der Waals surface area contributed by atoms with Crippen LogP contribution in [0.25, 0.3) is 0 Å². The zero-order valence-corrected chi connectivity index (χ0v) is 18.5. The summed E-state index contributed by atoms with van der Waals surface area (Å²) in [5, 5.41) is 12.0. The van der Waals surface area contributed by atoms with Crippen molar-refractivity contribution in [3.8, 4) is 5.75 Å². The van der Waals surface area contributed by atoms with Crippen molar-refractivity contribution in [3.63, 3.8) is 0 Å². The number of hydrogen-bond donors (Lipinski definition) is 1. The Morgan fingerprint density at radius 1 is 1.07 bits per heavy atom. The van der Waals surface area contributed by atoms with Crippen molar-refractivity contribution in [2.45, 2.75) is 50.8 Å². The molecular weight excluding hydrogens is 396 g/mol. The molecule has 0 saturated heterocycles. The quantitative estimate of drug-likeness (QED) is 0.497. The van der Waals surface area contributed by atoms with Gasteiger partial charge in [0.1, 0.15) is 12.4 Å². The molecule has 1 N–H and O–H groups in total. The van der Waals surface area contributed by atoms with Crippen molar-refractivity contribution in [3.05, 3.63) is 71.5 Å². The van der Waals surface area contributed by atoms with E-state index in [1.807, 2.05) is 48.7 Å². The van der Waals surface area contributed by atoms with Crippen molar-refractivity contribution in [2.75, 3.05) is 6.54 Å². The van der Waals surface area contributed by atoms with E-state index >= 15 is 0 Å². The molecule has 158 valence electrons. The van der Waals surface area contributed by atoms with Gasteiger partial charge in [0.05, 0.1) is 11.8 Å². The predicted octanol–water partition coefficient (Wildman–Crippen LogP) is 4.08. The predicted molar refractivity (Wildman–Crippen MR) is 120 cm³/mol. The van der Waals surface area contributed by atoms with E-state index in [1.165, 1.54) is 17.3 Å². The van der Waals surface area contributed by atoms with Gasteiger partial charge in [-0.25, -0.2) is 0 Å². The molecule has 30 heavy (non-hydrogen) atoms. The van der Waals surface area contributed by atoms with Crippen molar-refractivity contribution in [1.82, 2.24) is 20.1 Å². The molecule has 1 heterocycles. The maximum Gasteiger partial charge on any atom is 0.233 e. The molecule has 0 aliphatic carbocycles. The van der Waals surface area contributed by atoms with Crippen LogP contribution in [0.1, 0.15) is 37.7 Å². The first-order valence-electron chi connectivity index (χ1n) is 10.2. The molecule has 1 aromatic heterocycles. The molecule has 0 saturated carbocycles. The number of benzene rings is 2. The topological polar surface area (TPSA) is 69.0 Å². The van der Waals surface area contributed by atoms with Crippen LogP contribution in [-0.2, 0) is 24.4 Å². The monoisotopic (exact) mass is 424 g/mol. The van der Waals surface area contributed by atoms with Gasteiger partial charge in [0, 0.05) is 6.54 Å². The van der Waals surface area contributed by atoms with Crippen LogP contribution >= 0.6 is 11.8 Å². The van der Waals surface area contributed by atoms with Gasteiger partial charge in [0.2, 0.25) is 5.91 Å². The van der Waals surface area contributed by atoms with E-state index in [9.17, 15) is 4.79 Å². The first-order valence-corrected chi connectivity index (χ1v) is 11.1. The molecule has 0 bridgehead atoms. The van der Waals surface area contributed by atoms with E-state index in [2.05, 4.69) is 46.7 Å². The second-order valence-corrected chi connectivity index (χ2v) is 8.22. The Balaban J connectivity index is 1.78. The highest BCUT2D eigenvalue weighted by Gasteiger charge is 2.20. The highest BCUT2D eigenvalue weighted by Crippen LogP contribution is 2.24. The molecular formula is C23H28N4O2S. The molecule has 3 aromatic rings. The normalized spacial score (nSPS) is 11.8. The summed E-state index contributed by atoms with van der Waals surface area (Å²) in [7, 11) is 0. The number of amides is 1. The van der Waals surface area contributed by atoms with E-state index in [0.29, 0.717) is 24.9 Å². The second kappa shape index (κ2) is 10.8. The molecule has 0 aliphatic rings. The van der Waals surface area contributed by atoms with E-state index in [4.69, 9.17) is 4.74 Å². The molecule has 0 unspecified atom stereocenters. The minimum atomic E-state index is -0.265. The first-order chi connectivity index (χ1) is 14.6. The Labute approximate surface area is 182 Å². The fourth-order valence-corrected chi connectivity index (χ4v) is 3.83. The third-order valence-corrected chi connectivity index (χ3v) is 5.76. The van der Waals surface area contributed by atoms with Crippen LogP contribution in [0.5, 0.6) is 5.75 Å². The lowest BCUT2D eigenvalue weighted by Gasteiger charge is -2.14. The van der Waals surface area contributed by atoms with Gasteiger partial charge in [-0.2, -0.15) is 0 Å². The molecule has 7 heteroatoms. The van der Waals surface area contributed by atoms with Crippen LogP contribution in [0.15, 0.2) is 59.8 Å². The van der Waals surface area contributed by atoms with Gasteiger partial charge in [0.15, 0.2) is 11.0 Å². The Morgan fingerprint density at radius 2 is 1.80 bits per heavy atom. The third-order valence-electron chi connectivity index (χ3n) is 4.68. The Bertz CT molecular complexity index is 942. The molecule has 2 aromatic carbocycles. The van der Waals surface area contributed by atoms with Crippen LogP contribution < -0.4 is 10.1 Å². The standard InChI is InChI=1S/C23H28N4O2S/c1-4-18-11-13-20(14-12-18)29-16-21-25-26-23(30-17(3)22(28)24-5-2)27(21)15-19-9-7-6-8-10-19/h6-14,17H,4-5,15-16H2,1-3H3,(H,24,28)/t17-/m0/s1. The number of ether oxygens (including phenoxy) is 1. The summed E-state index contributed by atoms with van der Waals surface area (Å²) in [5.41, 5.74) is 2.41. The highest BCUT2D eigenvalue weighted by molar-refractivity contribution is 8.00. The maximum absolute atomic E-state index is 12.2. The molecule has 0 fully saturated rings. The number of nitrogens with zero attached hydrogens (tertiary/aromatic N) is 3. The number of aromatic nitrogens is 3. The average Bonchev–Trinajstić information content (AvgIpc) is 3.14. The van der Waals surface area contributed by atoms with Crippen molar-refractivity contribution in [2.24, 2.45) is 0 Å². The Kier molecular flexibility index (Phi) is 7.90. The second-order valence-electron chi connectivity index (χ2n) is 6.91. The third kappa shape index (κ3) is 5.86. The fourth-order valence-electron chi connectivity index (χ4n) is 2.94. The molecule has 0 spiro atoms. The summed E-state index contributed by atoms with van der Waals surface area (Å²) < 4.78 is 7.99. The largest absolute Gasteiger partial charge is 0.486 e.